The number of rotatable bonds is 1. The van der Waals surface area contributed by atoms with Gasteiger partial charge in [-0.2, -0.15) is 0 Å². The lowest BCUT2D eigenvalue weighted by Crippen LogP contribution is -2.48. The zero-order valence-corrected chi connectivity index (χ0v) is 12.1. The summed E-state index contributed by atoms with van der Waals surface area (Å²) in [6, 6.07) is 0. The molecule has 1 saturated carbocycles. The lowest BCUT2D eigenvalue weighted by Gasteiger charge is -2.56. The number of fused-ring (bicyclic) bond motifs is 2. The molecule has 0 aromatic heterocycles. The molecule has 0 amide bonds. The minimum atomic E-state index is 0.184. The van der Waals surface area contributed by atoms with Gasteiger partial charge in [0, 0.05) is 6.61 Å². The molecule has 102 valence electrons. The van der Waals surface area contributed by atoms with Crippen LogP contribution in [-0.4, -0.2) is 11.7 Å². The summed E-state index contributed by atoms with van der Waals surface area (Å²) in [5.41, 5.74) is 4.23. The van der Waals surface area contributed by atoms with Crippen LogP contribution >= 0.6 is 0 Å². The average Bonchev–Trinajstić information content (AvgIpc) is 2.39. The Morgan fingerprint density at radius 1 is 1.06 bits per heavy atom. The molecule has 1 heteroatoms. The Hall–Kier alpha value is -0.300. The van der Waals surface area contributed by atoms with Gasteiger partial charge in [0.1, 0.15) is 0 Å². The molecule has 18 heavy (non-hydrogen) atoms. The number of aliphatic hydroxyl groups is 1. The smallest absolute Gasteiger partial charge is 0.0487 e. The van der Waals surface area contributed by atoms with Gasteiger partial charge in [-0.1, -0.05) is 31.4 Å². The molecule has 0 aliphatic heterocycles. The summed E-state index contributed by atoms with van der Waals surface area (Å²) < 4.78 is 0. The van der Waals surface area contributed by atoms with Gasteiger partial charge in [0.05, 0.1) is 0 Å². The van der Waals surface area contributed by atoms with Crippen molar-refractivity contribution in [1.29, 1.82) is 0 Å². The second-order valence-corrected chi connectivity index (χ2v) is 7.46. The maximum Gasteiger partial charge on any atom is 0.0487 e. The van der Waals surface area contributed by atoms with Gasteiger partial charge in [-0.15, -0.1) is 0 Å². The highest BCUT2D eigenvalue weighted by Crippen LogP contribution is 2.61. The van der Waals surface area contributed by atoms with Crippen LogP contribution in [0.5, 0.6) is 0 Å². The molecule has 3 aliphatic carbocycles. The van der Waals surface area contributed by atoms with Crippen LogP contribution in [0, 0.1) is 16.7 Å². The first-order chi connectivity index (χ1) is 8.60. The molecule has 0 heterocycles. The predicted molar refractivity (Wildman–Crippen MR) is 75.4 cm³/mol. The van der Waals surface area contributed by atoms with E-state index in [1.54, 1.807) is 0 Å². The van der Waals surface area contributed by atoms with E-state index in [4.69, 9.17) is 0 Å². The summed E-state index contributed by atoms with van der Waals surface area (Å²) in [5.74, 6) is 0.723. The molecule has 1 N–H and O–H groups in total. The maximum atomic E-state index is 9.88. The standard InChI is InChI=1S/C17H28O/c1-16(12-18)10-5-11-17(2)14-7-4-3-6-13(14)8-9-15(16)17/h15,18H,3-12H2,1-2H3/t15-,16+,17-/m1/s1. The molecule has 0 bridgehead atoms. The lowest BCUT2D eigenvalue weighted by atomic mass is 9.48. The van der Waals surface area contributed by atoms with E-state index in [0.717, 1.165) is 5.92 Å². The van der Waals surface area contributed by atoms with E-state index in [1.165, 1.54) is 57.8 Å². The van der Waals surface area contributed by atoms with Gasteiger partial charge in [-0.3, -0.25) is 0 Å². The monoisotopic (exact) mass is 248 g/mol. The van der Waals surface area contributed by atoms with Gasteiger partial charge < -0.3 is 5.11 Å². The number of hydrogen-bond donors (Lipinski definition) is 1. The Bertz CT molecular complexity index is 370. The zero-order chi connectivity index (χ0) is 12.8. The molecule has 3 rings (SSSR count). The van der Waals surface area contributed by atoms with Crippen molar-refractivity contribution in [1.82, 2.24) is 0 Å². The maximum absolute atomic E-state index is 9.88. The van der Waals surface area contributed by atoms with Gasteiger partial charge in [-0.05, 0) is 68.1 Å². The molecule has 0 aromatic carbocycles. The van der Waals surface area contributed by atoms with Crippen molar-refractivity contribution in [3.05, 3.63) is 11.1 Å². The van der Waals surface area contributed by atoms with Crippen molar-refractivity contribution in [3.8, 4) is 0 Å². The van der Waals surface area contributed by atoms with E-state index in [2.05, 4.69) is 13.8 Å². The highest BCUT2D eigenvalue weighted by Gasteiger charge is 2.52. The first kappa shape index (κ1) is 12.7. The largest absolute Gasteiger partial charge is 0.396 e. The van der Waals surface area contributed by atoms with Crippen molar-refractivity contribution >= 4 is 0 Å². The van der Waals surface area contributed by atoms with Crippen LogP contribution < -0.4 is 0 Å². The molecule has 0 spiro atoms. The molecule has 3 aliphatic rings. The van der Waals surface area contributed by atoms with Crippen molar-refractivity contribution in [2.45, 2.75) is 71.6 Å². The molecule has 1 fully saturated rings. The van der Waals surface area contributed by atoms with E-state index < -0.39 is 0 Å². The minimum Gasteiger partial charge on any atom is -0.396 e. The average molecular weight is 248 g/mol. The van der Waals surface area contributed by atoms with Crippen LogP contribution in [-0.2, 0) is 0 Å². The van der Waals surface area contributed by atoms with Gasteiger partial charge in [-0.25, -0.2) is 0 Å². The van der Waals surface area contributed by atoms with Crippen LogP contribution in [0.25, 0.3) is 0 Å². The molecular weight excluding hydrogens is 220 g/mol. The molecule has 3 atom stereocenters. The fourth-order valence-electron chi connectivity index (χ4n) is 5.45. The highest BCUT2D eigenvalue weighted by molar-refractivity contribution is 5.30. The number of aliphatic hydroxyl groups excluding tert-OH is 1. The quantitative estimate of drug-likeness (QED) is 0.679. The summed E-state index contributed by atoms with van der Waals surface area (Å²) in [6.45, 7) is 5.24. The molecule has 0 aromatic rings. The summed E-state index contributed by atoms with van der Waals surface area (Å²) in [4.78, 5) is 0. The summed E-state index contributed by atoms with van der Waals surface area (Å²) >= 11 is 0. The third kappa shape index (κ3) is 1.70. The second kappa shape index (κ2) is 4.37. The van der Waals surface area contributed by atoms with Gasteiger partial charge in [0.15, 0.2) is 0 Å². The van der Waals surface area contributed by atoms with E-state index in [0.29, 0.717) is 12.0 Å². The van der Waals surface area contributed by atoms with E-state index in [9.17, 15) is 5.11 Å². The topological polar surface area (TPSA) is 20.2 Å². The molecule has 0 saturated heterocycles. The van der Waals surface area contributed by atoms with Crippen LogP contribution in [0.1, 0.15) is 71.6 Å². The predicted octanol–water partition coefficient (Wildman–Crippen LogP) is 4.46. The van der Waals surface area contributed by atoms with Gasteiger partial charge >= 0.3 is 0 Å². The number of hydrogen-bond acceptors (Lipinski definition) is 1. The van der Waals surface area contributed by atoms with E-state index >= 15 is 0 Å². The fourth-order valence-corrected chi connectivity index (χ4v) is 5.45. The summed E-state index contributed by atoms with van der Waals surface area (Å²) in [7, 11) is 0. The summed E-state index contributed by atoms with van der Waals surface area (Å²) in [6.07, 6.45) is 12.1. The minimum absolute atomic E-state index is 0.184. The lowest BCUT2D eigenvalue weighted by molar-refractivity contribution is -0.0401. The SMILES string of the molecule is C[C@@]1(CO)CCC[C@]2(C)C3=C(CCCC3)CC[C@H]12. The fraction of sp³-hybridized carbons (Fsp3) is 0.882. The normalized spacial score (nSPS) is 44.5. The Kier molecular flexibility index (Phi) is 3.09. The third-order valence-electron chi connectivity index (χ3n) is 6.42. The first-order valence-corrected chi connectivity index (χ1v) is 7.92. The van der Waals surface area contributed by atoms with Crippen LogP contribution in [0.3, 0.4) is 0 Å². The van der Waals surface area contributed by atoms with E-state index in [1.807, 2.05) is 11.1 Å². The Morgan fingerprint density at radius 3 is 2.61 bits per heavy atom. The van der Waals surface area contributed by atoms with Crippen molar-refractivity contribution in [2.75, 3.05) is 6.61 Å². The molecular formula is C17H28O. The van der Waals surface area contributed by atoms with Crippen LogP contribution in [0.15, 0.2) is 11.1 Å². The Labute approximate surface area is 112 Å². The Morgan fingerprint density at radius 2 is 1.83 bits per heavy atom. The van der Waals surface area contributed by atoms with Crippen LogP contribution in [0.4, 0.5) is 0 Å². The number of allylic oxidation sites excluding steroid dienone is 2. The molecule has 0 radical (unpaired) electrons. The Balaban J connectivity index is 2.00. The van der Waals surface area contributed by atoms with Crippen molar-refractivity contribution < 1.29 is 5.11 Å². The highest BCUT2D eigenvalue weighted by atomic mass is 16.3. The van der Waals surface area contributed by atoms with E-state index in [-0.39, 0.29) is 5.41 Å². The first-order valence-electron chi connectivity index (χ1n) is 7.92. The molecule has 1 nitrogen and oxygen atoms in total. The molecule has 0 unspecified atom stereocenters. The second-order valence-electron chi connectivity index (χ2n) is 7.46. The van der Waals surface area contributed by atoms with Crippen molar-refractivity contribution in [2.24, 2.45) is 16.7 Å². The van der Waals surface area contributed by atoms with Gasteiger partial charge in [0.25, 0.3) is 0 Å². The van der Waals surface area contributed by atoms with Crippen LogP contribution in [0.2, 0.25) is 0 Å². The summed E-state index contributed by atoms with van der Waals surface area (Å²) in [5, 5.41) is 9.88. The third-order valence-corrected chi connectivity index (χ3v) is 6.42. The zero-order valence-electron chi connectivity index (χ0n) is 12.1. The van der Waals surface area contributed by atoms with Gasteiger partial charge in [0.2, 0.25) is 0 Å². The van der Waals surface area contributed by atoms with Crippen molar-refractivity contribution in [3.63, 3.8) is 0 Å².